The van der Waals surface area contributed by atoms with Crippen LogP contribution in [0.15, 0.2) is 22.9 Å². The van der Waals surface area contributed by atoms with Crippen LogP contribution in [0.1, 0.15) is 42.8 Å². The van der Waals surface area contributed by atoms with Crippen molar-refractivity contribution in [3.63, 3.8) is 0 Å². The zero-order valence-electron chi connectivity index (χ0n) is 11.1. The molecule has 2 unspecified atom stereocenters. The van der Waals surface area contributed by atoms with E-state index in [9.17, 15) is 0 Å². The number of nitrogens with two attached hydrogens (primary N) is 1. The Morgan fingerprint density at radius 1 is 1.42 bits per heavy atom. The van der Waals surface area contributed by atoms with E-state index in [0.717, 1.165) is 17.4 Å². The average molecular weight is 293 g/mol. The molecule has 102 valence electrons. The van der Waals surface area contributed by atoms with Gasteiger partial charge in [0.25, 0.3) is 0 Å². The minimum Gasteiger partial charge on any atom is -0.345 e. The molecule has 1 aliphatic rings. The van der Waals surface area contributed by atoms with Gasteiger partial charge in [0.1, 0.15) is 0 Å². The Labute approximate surface area is 122 Å². The van der Waals surface area contributed by atoms with Gasteiger partial charge in [-0.25, -0.2) is 4.98 Å². The third-order valence-electron chi connectivity index (χ3n) is 3.73. The first kappa shape index (κ1) is 13.1. The van der Waals surface area contributed by atoms with E-state index in [1.165, 1.54) is 24.1 Å². The summed E-state index contributed by atoms with van der Waals surface area (Å²) in [5.41, 5.74) is 7.27. The first-order chi connectivity index (χ1) is 9.25. The fourth-order valence-corrected chi connectivity index (χ4v) is 4.28. The van der Waals surface area contributed by atoms with Crippen molar-refractivity contribution in [3.8, 4) is 0 Å². The van der Waals surface area contributed by atoms with Gasteiger partial charge >= 0.3 is 0 Å². The van der Waals surface area contributed by atoms with E-state index >= 15 is 0 Å². The summed E-state index contributed by atoms with van der Waals surface area (Å²) in [6.07, 6.45) is 3.88. The van der Waals surface area contributed by atoms with E-state index in [2.05, 4.69) is 28.7 Å². The van der Waals surface area contributed by atoms with Gasteiger partial charge in [0.15, 0.2) is 5.13 Å². The van der Waals surface area contributed by atoms with Crippen molar-refractivity contribution in [1.82, 2.24) is 4.98 Å². The van der Waals surface area contributed by atoms with Gasteiger partial charge in [-0.3, -0.25) is 0 Å². The number of thiazole rings is 1. The van der Waals surface area contributed by atoms with E-state index in [1.807, 2.05) is 6.07 Å². The lowest BCUT2D eigenvalue weighted by atomic mass is 10.0. The second-order valence-corrected chi connectivity index (χ2v) is 6.90. The fraction of sp³-hybridized carbons (Fsp3) is 0.500. The van der Waals surface area contributed by atoms with Crippen molar-refractivity contribution >= 4 is 27.8 Å². The molecule has 0 radical (unpaired) electrons. The van der Waals surface area contributed by atoms with Gasteiger partial charge in [0.2, 0.25) is 0 Å². The van der Waals surface area contributed by atoms with Crippen LogP contribution in [0.5, 0.6) is 0 Å². The maximum absolute atomic E-state index is 6.27. The van der Waals surface area contributed by atoms with Crippen LogP contribution in [-0.4, -0.2) is 17.6 Å². The summed E-state index contributed by atoms with van der Waals surface area (Å²) in [5.74, 6) is 0. The Kier molecular flexibility index (Phi) is 3.86. The minimum absolute atomic E-state index is 0.0786. The molecule has 2 atom stereocenters. The summed E-state index contributed by atoms with van der Waals surface area (Å²) in [4.78, 5) is 8.38. The lowest BCUT2D eigenvalue weighted by molar-refractivity contribution is 0.484. The second kappa shape index (κ2) is 5.61. The molecule has 0 bridgehead atoms. The second-order valence-electron chi connectivity index (χ2n) is 5.09. The van der Waals surface area contributed by atoms with Crippen LogP contribution in [0, 0.1) is 0 Å². The molecule has 0 amide bonds. The standard InChI is InChI=1S/C14H19N3S2/c1-10-5-2-3-7-17(10)14-16-11(9-19-14)13(15)12-6-4-8-18-12/h4,6,8-10,13H,2-3,5,7,15H2,1H3. The monoisotopic (exact) mass is 293 g/mol. The third-order valence-corrected chi connectivity index (χ3v) is 5.58. The van der Waals surface area contributed by atoms with E-state index in [-0.39, 0.29) is 6.04 Å². The summed E-state index contributed by atoms with van der Waals surface area (Å²) in [6.45, 7) is 3.42. The van der Waals surface area contributed by atoms with Crippen LogP contribution >= 0.6 is 22.7 Å². The van der Waals surface area contributed by atoms with Crippen LogP contribution in [0.3, 0.4) is 0 Å². The molecular weight excluding hydrogens is 274 g/mol. The van der Waals surface area contributed by atoms with Gasteiger partial charge in [-0.2, -0.15) is 0 Å². The summed E-state index contributed by atoms with van der Waals surface area (Å²) < 4.78 is 0. The number of nitrogens with zero attached hydrogens (tertiary/aromatic N) is 2. The number of rotatable bonds is 3. The predicted octanol–water partition coefficient (Wildman–Crippen LogP) is 3.63. The molecule has 0 spiro atoms. The molecule has 0 aromatic carbocycles. The van der Waals surface area contributed by atoms with Crippen LogP contribution in [0.4, 0.5) is 5.13 Å². The van der Waals surface area contributed by atoms with Gasteiger partial charge in [-0.1, -0.05) is 6.07 Å². The lowest BCUT2D eigenvalue weighted by Crippen LogP contribution is -2.37. The Morgan fingerprint density at radius 2 is 2.32 bits per heavy atom. The van der Waals surface area contributed by atoms with Gasteiger partial charge in [-0.15, -0.1) is 22.7 Å². The Morgan fingerprint density at radius 3 is 3.05 bits per heavy atom. The zero-order chi connectivity index (χ0) is 13.2. The summed E-state index contributed by atoms with van der Waals surface area (Å²) in [5, 5.41) is 5.31. The molecule has 2 aromatic rings. The molecule has 5 heteroatoms. The lowest BCUT2D eigenvalue weighted by Gasteiger charge is -2.33. The summed E-state index contributed by atoms with van der Waals surface area (Å²) in [6, 6.07) is 4.65. The maximum Gasteiger partial charge on any atom is 0.185 e. The molecule has 0 saturated carbocycles. The van der Waals surface area contributed by atoms with E-state index in [4.69, 9.17) is 10.7 Å². The zero-order valence-corrected chi connectivity index (χ0v) is 12.7. The Bertz CT molecular complexity index is 521. The molecule has 2 N–H and O–H groups in total. The molecule has 3 rings (SSSR count). The first-order valence-corrected chi connectivity index (χ1v) is 8.52. The molecule has 19 heavy (non-hydrogen) atoms. The number of piperidine rings is 1. The van der Waals surface area contributed by atoms with Crippen LogP contribution in [-0.2, 0) is 0 Å². The third kappa shape index (κ3) is 2.68. The Hall–Kier alpha value is -0.910. The number of anilines is 1. The van der Waals surface area contributed by atoms with Gasteiger partial charge in [-0.05, 0) is 37.6 Å². The quantitative estimate of drug-likeness (QED) is 0.939. The number of hydrogen-bond donors (Lipinski definition) is 1. The molecule has 0 aliphatic carbocycles. The summed E-state index contributed by atoms with van der Waals surface area (Å²) in [7, 11) is 0. The van der Waals surface area contributed by atoms with E-state index in [0.29, 0.717) is 6.04 Å². The molecule has 1 aliphatic heterocycles. The summed E-state index contributed by atoms with van der Waals surface area (Å²) >= 11 is 3.42. The highest BCUT2D eigenvalue weighted by Crippen LogP contribution is 2.31. The van der Waals surface area contributed by atoms with Crippen molar-refractivity contribution in [2.24, 2.45) is 5.73 Å². The largest absolute Gasteiger partial charge is 0.345 e. The van der Waals surface area contributed by atoms with Crippen molar-refractivity contribution in [1.29, 1.82) is 0 Å². The van der Waals surface area contributed by atoms with Crippen molar-refractivity contribution in [2.75, 3.05) is 11.4 Å². The number of hydrogen-bond acceptors (Lipinski definition) is 5. The predicted molar refractivity (Wildman–Crippen MR) is 83.1 cm³/mol. The topological polar surface area (TPSA) is 42.2 Å². The highest BCUT2D eigenvalue weighted by Gasteiger charge is 2.22. The van der Waals surface area contributed by atoms with Crippen molar-refractivity contribution in [2.45, 2.75) is 38.3 Å². The Balaban J connectivity index is 1.79. The molecule has 1 fully saturated rings. The molecule has 1 saturated heterocycles. The van der Waals surface area contributed by atoms with Crippen LogP contribution < -0.4 is 10.6 Å². The SMILES string of the molecule is CC1CCCCN1c1nc(C(N)c2cccs2)cs1. The minimum atomic E-state index is -0.0786. The number of aromatic nitrogens is 1. The number of thiophene rings is 1. The highest BCUT2D eigenvalue weighted by molar-refractivity contribution is 7.13. The molecule has 3 heterocycles. The molecule has 3 nitrogen and oxygen atoms in total. The molecule has 2 aromatic heterocycles. The van der Waals surface area contributed by atoms with Gasteiger partial charge in [0.05, 0.1) is 11.7 Å². The van der Waals surface area contributed by atoms with Gasteiger partial charge < -0.3 is 10.6 Å². The molecular formula is C14H19N3S2. The first-order valence-electron chi connectivity index (χ1n) is 6.77. The van der Waals surface area contributed by atoms with E-state index in [1.54, 1.807) is 22.7 Å². The van der Waals surface area contributed by atoms with Crippen molar-refractivity contribution < 1.29 is 0 Å². The van der Waals surface area contributed by atoms with Crippen LogP contribution in [0.2, 0.25) is 0 Å². The van der Waals surface area contributed by atoms with Gasteiger partial charge in [0, 0.05) is 22.8 Å². The fourth-order valence-electron chi connectivity index (χ4n) is 2.55. The highest BCUT2D eigenvalue weighted by atomic mass is 32.1. The van der Waals surface area contributed by atoms with Crippen LogP contribution in [0.25, 0.3) is 0 Å². The average Bonchev–Trinajstić information content (AvgIpc) is 3.10. The van der Waals surface area contributed by atoms with Crippen molar-refractivity contribution in [3.05, 3.63) is 33.5 Å². The normalized spacial score (nSPS) is 21.6. The smallest absolute Gasteiger partial charge is 0.185 e. The maximum atomic E-state index is 6.27. The van der Waals surface area contributed by atoms with E-state index < -0.39 is 0 Å².